The molecule has 0 aliphatic carbocycles. The predicted octanol–water partition coefficient (Wildman–Crippen LogP) is 4.68. The van der Waals surface area contributed by atoms with Crippen molar-refractivity contribution in [2.45, 2.75) is 46.5 Å². The summed E-state index contributed by atoms with van der Waals surface area (Å²) in [6.45, 7) is 8.94. The van der Waals surface area contributed by atoms with Gasteiger partial charge in [0.1, 0.15) is 11.5 Å². The molecule has 0 saturated heterocycles. The second-order valence-corrected chi connectivity index (χ2v) is 7.88. The molecule has 3 rings (SSSR count). The second-order valence-electron chi connectivity index (χ2n) is 7.88. The molecule has 164 valence electrons. The van der Waals surface area contributed by atoms with E-state index in [4.69, 9.17) is 19.4 Å². The fourth-order valence-electron chi connectivity index (χ4n) is 3.78. The highest BCUT2D eigenvalue weighted by molar-refractivity contribution is 5.88. The molecule has 0 aliphatic heterocycles. The number of nitrogens with one attached hydrogen (secondary N) is 1. The first-order valence-corrected chi connectivity index (χ1v) is 9.74. The van der Waals surface area contributed by atoms with Gasteiger partial charge in [0, 0.05) is 35.0 Å². The Morgan fingerprint density at radius 2 is 1.77 bits per heavy atom. The van der Waals surface area contributed by atoms with Crippen molar-refractivity contribution >= 4 is 29.3 Å². The van der Waals surface area contributed by atoms with Crippen molar-refractivity contribution in [1.82, 2.24) is 4.98 Å². The number of aryl methyl sites for hydroxylation is 2. The van der Waals surface area contributed by atoms with Gasteiger partial charge in [-0.3, -0.25) is 14.4 Å². The Labute approximate surface area is 181 Å². The molecule has 0 spiro atoms. The number of hydrogen-bond donors (Lipinski definition) is 2. The highest BCUT2D eigenvalue weighted by atomic mass is 16.5. The largest absolute Gasteiger partial charge is 0.483 e. The maximum Gasteiger partial charge on any atom is 0.312 e. The Hall–Kier alpha value is -3.61. The number of carboxylic acid groups (broad SMARTS) is 1. The van der Waals surface area contributed by atoms with Crippen LogP contribution in [-0.4, -0.2) is 28.5 Å². The van der Waals surface area contributed by atoms with E-state index in [1.54, 1.807) is 6.07 Å². The number of H-pyrrole nitrogens is 1. The third-order valence-corrected chi connectivity index (χ3v) is 4.74. The van der Waals surface area contributed by atoms with E-state index in [-0.39, 0.29) is 24.8 Å². The fraction of sp³-hybridized carbons (Fsp3) is 0.292. The fourth-order valence-corrected chi connectivity index (χ4v) is 3.78. The van der Waals surface area contributed by atoms with E-state index in [9.17, 15) is 9.59 Å². The Kier molecular flexibility index (Phi) is 7.58. The zero-order valence-electron chi connectivity index (χ0n) is 18.3. The molecule has 0 radical (unpaired) electrons. The molecule has 7 nitrogen and oxygen atoms in total. The second kappa shape index (κ2) is 9.93. The number of esters is 2. The molecule has 0 saturated carbocycles. The van der Waals surface area contributed by atoms with Gasteiger partial charge in [0.2, 0.25) is 0 Å². The Morgan fingerprint density at radius 1 is 1.10 bits per heavy atom. The number of carbonyl (C=O) groups excluding carboxylic acids is 2. The van der Waals surface area contributed by atoms with Crippen molar-refractivity contribution in [3.8, 4) is 11.5 Å². The van der Waals surface area contributed by atoms with E-state index in [0.29, 0.717) is 11.5 Å². The number of aromatic amines is 1. The maximum atomic E-state index is 12.7. The summed E-state index contributed by atoms with van der Waals surface area (Å²) < 4.78 is 11.1. The number of ether oxygens (including phenoxy) is 2. The summed E-state index contributed by atoms with van der Waals surface area (Å²) in [4.78, 5) is 35.8. The van der Waals surface area contributed by atoms with Crippen molar-refractivity contribution in [2.24, 2.45) is 0 Å². The van der Waals surface area contributed by atoms with Crippen molar-refractivity contribution in [1.29, 1.82) is 0 Å². The number of fused-ring (bicyclic) bond motifs is 1. The minimum absolute atomic E-state index is 0.145. The van der Waals surface area contributed by atoms with Crippen LogP contribution in [0, 0.1) is 13.8 Å². The molecule has 0 atom stereocenters. The summed E-state index contributed by atoms with van der Waals surface area (Å²) in [5, 5.41) is 7.75. The van der Waals surface area contributed by atoms with Crippen molar-refractivity contribution < 1.29 is 29.0 Å². The topological polar surface area (TPSA) is 106 Å². The van der Waals surface area contributed by atoms with Gasteiger partial charge in [0.05, 0.1) is 6.42 Å². The van der Waals surface area contributed by atoms with E-state index < -0.39 is 5.41 Å². The zero-order chi connectivity index (χ0) is 23.2. The smallest absolute Gasteiger partial charge is 0.312 e. The third kappa shape index (κ3) is 5.94. The lowest BCUT2D eigenvalue weighted by atomic mass is 9.78. The van der Waals surface area contributed by atoms with E-state index in [1.165, 1.54) is 6.92 Å². The highest BCUT2D eigenvalue weighted by Crippen LogP contribution is 2.38. The van der Waals surface area contributed by atoms with E-state index in [1.807, 2.05) is 64.2 Å². The van der Waals surface area contributed by atoms with Crippen LogP contribution >= 0.6 is 0 Å². The molecule has 31 heavy (non-hydrogen) atoms. The van der Waals surface area contributed by atoms with Crippen molar-refractivity contribution in [3.63, 3.8) is 0 Å². The quantitative estimate of drug-likeness (QED) is 0.349. The van der Waals surface area contributed by atoms with Crippen molar-refractivity contribution in [2.75, 3.05) is 0 Å². The lowest BCUT2D eigenvalue weighted by Crippen LogP contribution is -2.27. The van der Waals surface area contributed by atoms with Gasteiger partial charge in [-0.25, -0.2) is 0 Å². The van der Waals surface area contributed by atoms with Crippen LogP contribution in [0.4, 0.5) is 0 Å². The van der Waals surface area contributed by atoms with E-state index in [0.717, 1.165) is 27.6 Å². The van der Waals surface area contributed by atoms with Crippen LogP contribution in [0.5, 0.6) is 11.5 Å². The number of rotatable bonds is 5. The maximum absolute atomic E-state index is 12.7. The minimum atomic E-state index is -0.578. The first-order valence-electron chi connectivity index (χ1n) is 9.74. The summed E-state index contributed by atoms with van der Waals surface area (Å²) in [6, 6.07) is 11.3. The van der Waals surface area contributed by atoms with Gasteiger partial charge in [0.15, 0.2) is 0 Å². The van der Waals surface area contributed by atoms with Crippen LogP contribution in [0.3, 0.4) is 0 Å². The molecule has 2 N–H and O–H groups in total. The third-order valence-electron chi connectivity index (χ3n) is 4.74. The SMILES string of the molecule is CC(=O)Oc1cc(C)cc(C)c1C(C)(C)CC(=O)Oc1cccc2[nH]ccc12.O=CO. The molecule has 0 unspecified atom stereocenters. The van der Waals surface area contributed by atoms with Crippen LogP contribution in [0.2, 0.25) is 0 Å². The van der Waals surface area contributed by atoms with Gasteiger partial charge in [-0.15, -0.1) is 0 Å². The molecule has 0 amide bonds. The molecule has 1 heterocycles. The first-order chi connectivity index (χ1) is 14.6. The van der Waals surface area contributed by atoms with Crippen molar-refractivity contribution in [3.05, 3.63) is 59.3 Å². The number of carbonyl (C=O) groups is 3. The Balaban J connectivity index is 0.00000107. The van der Waals surface area contributed by atoms with Crippen LogP contribution in [0.25, 0.3) is 10.9 Å². The molecule has 1 aromatic heterocycles. The molecule has 0 fully saturated rings. The van der Waals surface area contributed by atoms with Crippen LogP contribution in [0.15, 0.2) is 42.6 Å². The molecule has 0 bridgehead atoms. The molecular weight excluding hydrogens is 398 g/mol. The lowest BCUT2D eigenvalue weighted by Gasteiger charge is -2.28. The Bertz CT molecular complexity index is 1100. The average Bonchev–Trinajstić information content (AvgIpc) is 3.10. The molecule has 7 heteroatoms. The van der Waals surface area contributed by atoms with Crippen LogP contribution < -0.4 is 9.47 Å². The Morgan fingerprint density at radius 3 is 2.42 bits per heavy atom. The van der Waals surface area contributed by atoms with Gasteiger partial charge < -0.3 is 19.6 Å². The normalized spacial score (nSPS) is 10.7. The number of aromatic nitrogens is 1. The predicted molar refractivity (Wildman–Crippen MR) is 117 cm³/mol. The summed E-state index contributed by atoms with van der Waals surface area (Å²) in [5.41, 5.74) is 3.14. The molecule has 2 aromatic carbocycles. The number of hydrogen-bond acceptors (Lipinski definition) is 5. The first kappa shape index (κ1) is 23.7. The average molecular weight is 425 g/mol. The highest BCUT2D eigenvalue weighted by Gasteiger charge is 2.31. The van der Waals surface area contributed by atoms with E-state index >= 15 is 0 Å². The standard InChI is InChI=1S/C23H25NO4.CH2O2/c1-14-11-15(2)22(20(12-14)27-16(3)25)23(4,5)13-21(26)28-19-8-6-7-18-17(19)9-10-24-18;2-1-3/h6-12,24H,13H2,1-5H3;1H,(H,2,3). The molecular formula is C24H27NO6. The van der Waals surface area contributed by atoms with Gasteiger partial charge in [-0.2, -0.15) is 0 Å². The van der Waals surface area contributed by atoms with Crippen LogP contribution in [0.1, 0.15) is 43.9 Å². The van der Waals surface area contributed by atoms with Gasteiger partial charge in [0.25, 0.3) is 6.47 Å². The van der Waals surface area contributed by atoms with Crippen LogP contribution in [-0.2, 0) is 19.8 Å². The zero-order valence-corrected chi connectivity index (χ0v) is 18.3. The monoisotopic (exact) mass is 425 g/mol. The van der Waals surface area contributed by atoms with E-state index in [2.05, 4.69) is 4.98 Å². The summed E-state index contributed by atoms with van der Waals surface area (Å²) in [6.07, 6.45) is 1.96. The lowest BCUT2D eigenvalue weighted by molar-refractivity contribution is -0.135. The minimum Gasteiger partial charge on any atom is -0.483 e. The number of benzene rings is 2. The molecule has 0 aliphatic rings. The summed E-state index contributed by atoms with van der Waals surface area (Å²) >= 11 is 0. The molecule has 3 aromatic rings. The summed E-state index contributed by atoms with van der Waals surface area (Å²) in [5.74, 6) is 0.298. The van der Waals surface area contributed by atoms with Gasteiger partial charge >= 0.3 is 11.9 Å². The van der Waals surface area contributed by atoms with Gasteiger partial charge in [-0.05, 0) is 49.2 Å². The summed E-state index contributed by atoms with van der Waals surface area (Å²) in [7, 11) is 0. The van der Waals surface area contributed by atoms with Gasteiger partial charge in [-0.1, -0.05) is 26.0 Å².